The summed E-state index contributed by atoms with van der Waals surface area (Å²) in [6.45, 7) is 0.164. The highest BCUT2D eigenvalue weighted by Gasteiger charge is 2.04. The van der Waals surface area contributed by atoms with Crippen LogP contribution in [0.4, 0.5) is 0 Å². The average molecular weight is 297 g/mol. The van der Waals surface area contributed by atoms with Gasteiger partial charge in [-0.15, -0.1) is 0 Å². The molecule has 0 aliphatic carbocycles. The van der Waals surface area contributed by atoms with Crippen molar-refractivity contribution in [3.8, 4) is 0 Å². The monoisotopic (exact) mass is 297 g/mol. The second-order valence-electron chi connectivity index (χ2n) is 4.89. The zero-order valence-corrected chi connectivity index (χ0v) is 12.0. The Morgan fingerprint density at radius 2 is 2.23 bits per heavy atom. The summed E-state index contributed by atoms with van der Waals surface area (Å²) >= 11 is 0. The van der Waals surface area contributed by atoms with Crippen molar-refractivity contribution in [2.45, 2.75) is 6.54 Å². The van der Waals surface area contributed by atoms with E-state index in [1.54, 1.807) is 6.08 Å². The smallest absolute Gasteiger partial charge is 0.340 e. The Morgan fingerprint density at radius 3 is 3.00 bits per heavy atom. The molecule has 3 N–H and O–H groups in total. The normalized spacial score (nSPS) is 11.3. The van der Waals surface area contributed by atoms with Gasteiger partial charge in [0.15, 0.2) is 0 Å². The molecular formula is C15H15N5O2. The number of hydrogen-bond acceptors (Lipinski definition) is 3. The summed E-state index contributed by atoms with van der Waals surface area (Å²) in [5, 5.41) is 9.70. The molecular weight excluding hydrogens is 282 g/mol. The molecule has 0 bridgehead atoms. The lowest BCUT2D eigenvalue weighted by Crippen LogP contribution is -2.21. The number of amides is 1. The minimum atomic E-state index is -0.393. The average Bonchev–Trinajstić information content (AvgIpc) is 3.07. The molecule has 22 heavy (non-hydrogen) atoms. The molecule has 3 rings (SSSR count). The van der Waals surface area contributed by atoms with Gasteiger partial charge in [0.25, 0.3) is 0 Å². The van der Waals surface area contributed by atoms with E-state index in [-0.39, 0.29) is 12.5 Å². The first-order chi connectivity index (χ1) is 10.6. The minimum absolute atomic E-state index is 0.164. The van der Waals surface area contributed by atoms with Crippen LogP contribution in [0.25, 0.3) is 17.0 Å². The maximum atomic E-state index is 11.8. The summed E-state index contributed by atoms with van der Waals surface area (Å²) in [4.78, 5) is 25.1. The van der Waals surface area contributed by atoms with E-state index in [9.17, 15) is 9.59 Å². The lowest BCUT2D eigenvalue weighted by molar-refractivity contribution is -0.116. The Morgan fingerprint density at radius 1 is 1.41 bits per heavy atom. The number of rotatable bonds is 4. The van der Waals surface area contributed by atoms with Crippen LogP contribution in [0.2, 0.25) is 0 Å². The predicted molar refractivity (Wildman–Crippen MR) is 83.0 cm³/mol. The fraction of sp³-hybridized carbons (Fsp3) is 0.133. The fourth-order valence-electron chi connectivity index (χ4n) is 2.29. The van der Waals surface area contributed by atoms with Crippen LogP contribution in [0.5, 0.6) is 0 Å². The molecule has 2 heterocycles. The van der Waals surface area contributed by atoms with Crippen molar-refractivity contribution in [1.82, 2.24) is 25.1 Å². The lowest BCUT2D eigenvalue weighted by Gasteiger charge is -1.97. The summed E-state index contributed by atoms with van der Waals surface area (Å²) in [7, 11) is 1.97. The van der Waals surface area contributed by atoms with E-state index in [1.807, 2.05) is 42.1 Å². The molecule has 0 saturated carbocycles. The Bertz CT molecular complexity index is 900. The predicted octanol–water partition coefficient (Wildman–Crippen LogP) is 0.919. The van der Waals surface area contributed by atoms with E-state index in [0.29, 0.717) is 5.82 Å². The van der Waals surface area contributed by atoms with Gasteiger partial charge in [-0.2, -0.15) is 5.10 Å². The molecule has 0 aliphatic heterocycles. The van der Waals surface area contributed by atoms with Crippen LogP contribution in [0.1, 0.15) is 11.4 Å². The third-order valence-electron chi connectivity index (χ3n) is 3.32. The molecule has 1 aromatic carbocycles. The van der Waals surface area contributed by atoms with Crippen molar-refractivity contribution in [2.24, 2.45) is 7.05 Å². The summed E-state index contributed by atoms with van der Waals surface area (Å²) in [6.07, 6.45) is 5.21. The van der Waals surface area contributed by atoms with E-state index < -0.39 is 5.69 Å². The van der Waals surface area contributed by atoms with E-state index in [0.717, 1.165) is 16.5 Å². The molecule has 0 aliphatic rings. The molecule has 0 fully saturated rings. The van der Waals surface area contributed by atoms with E-state index in [1.165, 1.54) is 6.08 Å². The number of nitrogens with zero attached hydrogens (tertiary/aromatic N) is 2. The van der Waals surface area contributed by atoms with Crippen LogP contribution in [0.15, 0.2) is 41.3 Å². The second kappa shape index (κ2) is 5.72. The van der Waals surface area contributed by atoms with Crippen molar-refractivity contribution in [3.05, 3.63) is 58.4 Å². The van der Waals surface area contributed by atoms with Crippen molar-refractivity contribution in [3.63, 3.8) is 0 Å². The lowest BCUT2D eigenvalue weighted by atomic mass is 10.1. The van der Waals surface area contributed by atoms with Gasteiger partial charge in [-0.3, -0.25) is 9.78 Å². The van der Waals surface area contributed by atoms with E-state index in [2.05, 4.69) is 20.5 Å². The number of aromatic amines is 2. The highest BCUT2D eigenvalue weighted by molar-refractivity contribution is 5.96. The molecule has 7 nitrogen and oxygen atoms in total. The van der Waals surface area contributed by atoms with Crippen LogP contribution in [-0.2, 0) is 18.4 Å². The van der Waals surface area contributed by atoms with Crippen LogP contribution >= 0.6 is 0 Å². The van der Waals surface area contributed by atoms with Gasteiger partial charge in [0, 0.05) is 35.8 Å². The Hall–Kier alpha value is -3.09. The van der Waals surface area contributed by atoms with Crippen LogP contribution in [-0.4, -0.2) is 25.7 Å². The van der Waals surface area contributed by atoms with Crippen LogP contribution < -0.4 is 11.0 Å². The Labute approximate surface area is 125 Å². The van der Waals surface area contributed by atoms with E-state index >= 15 is 0 Å². The molecule has 1 amide bonds. The summed E-state index contributed by atoms with van der Waals surface area (Å²) < 4.78 is 2.02. The molecule has 112 valence electrons. The van der Waals surface area contributed by atoms with Crippen molar-refractivity contribution < 1.29 is 4.79 Å². The number of hydrogen-bond donors (Lipinski definition) is 3. The van der Waals surface area contributed by atoms with E-state index in [4.69, 9.17) is 0 Å². The summed E-state index contributed by atoms with van der Waals surface area (Å²) in [5.41, 5.74) is 1.69. The maximum Gasteiger partial charge on any atom is 0.340 e. The van der Waals surface area contributed by atoms with Gasteiger partial charge in [0.1, 0.15) is 5.82 Å². The summed E-state index contributed by atoms with van der Waals surface area (Å²) in [6, 6.07) is 7.99. The molecule has 0 radical (unpaired) electrons. The number of carbonyl (C=O) groups is 1. The van der Waals surface area contributed by atoms with Gasteiger partial charge in [0.05, 0.1) is 6.54 Å². The van der Waals surface area contributed by atoms with Gasteiger partial charge in [-0.25, -0.2) is 9.89 Å². The van der Waals surface area contributed by atoms with Crippen molar-refractivity contribution >= 4 is 22.9 Å². The highest BCUT2D eigenvalue weighted by Crippen LogP contribution is 2.21. The number of aryl methyl sites for hydroxylation is 1. The number of carbonyl (C=O) groups excluding carboxylic acids is 1. The first-order valence-corrected chi connectivity index (χ1v) is 6.77. The number of H-pyrrole nitrogens is 2. The number of fused-ring (bicyclic) bond motifs is 1. The third-order valence-corrected chi connectivity index (χ3v) is 3.32. The van der Waals surface area contributed by atoms with Crippen molar-refractivity contribution in [1.29, 1.82) is 0 Å². The largest absolute Gasteiger partial charge is 0.350 e. The number of nitrogens with one attached hydrogen (secondary N) is 3. The molecule has 0 saturated heterocycles. The van der Waals surface area contributed by atoms with Gasteiger partial charge in [-0.1, -0.05) is 18.2 Å². The van der Waals surface area contributed by atoms with Gasteiger partial charge in [-0.05, 0) is 12.1 Å². The van der Waals surface area contributed by atoms with Crippen molar-refractivity contribution in [2.75, 3.05) is 0 Å². The van der Waals surface area contributed by atoms with Gasteiger partial charge in [0.2, 0.25) is 5.91 Å². The highest BCUT2D eigenvalue weighted by atomic mass is 16.2. The number of aromatic nitrogens is 4. The Kier molecular flexibility index (Phi) is 3.61. The Balaban J connectivity index is 1.70. The van der Waals surface area contributed by atoms with Gasteiger partial charge >= 0.3 is 5.69 Å². The quantitative estimate of drug-likeness (QED) is 0.625. The zero-order chi connectivity index (χ0) is 15.5. The number of para-hydroxylation sites is 1. The standard InChI is InChI=1S/C15H15N5O2/c1-20-9-10(11-4-2-3-5-12(11)20)6-7-14(21)16-8-13-17-15(22)19-18-13/h2-7,9H,8H2,1H3,(H,16,21)(H2,17,18,19,22)/b7-6+. The minimum Gasteiger partial charge on any atom is -0.350 e. The molecule has 0 atom stereocenters. The molecule has 0 unspecified atom stereocenters. The summed E-state index contributed by atoms with van der Waals surface area (Å²) in [5.74, 6) is 0.133. The molecule has 3 aromatic rings. The topological polar surface area (TPSA) is 95.6 Å². The molecule has 7 heteroatoms. The number of benzene rings is 1. The maximum absolute atomic E-state index is 11.8. The molecule has 2 aromatic heterocycles. The second-order valence-corrected chi connectivity index (χ2v) is 4.89. The SMILES string of the molecule is Cn1cc(/C=C/C(=O)NCc2n[nH]c(=O)[nH]2)c2ccccc21. The molecule has 0 spiro atoms. The third kappa shape index (κ3) is 2.83. The fourth-order valence-corrected chi connectivity index (χ4v) is 2.29. The first-order valence-electron chi connectivity index (χ1n) is 6.77. The first kappa shape index (κ1) is 13.9. The zero-order valence-electron chi connectivity index (χ0n) is 12.0. The van der Waals surface area contributed by atoms with Crippen LogP contribution in [0, 0.1) is 0 Å². The van der Waals surface area contributed by atoms with Gasteiger partial charge < -0.3 is 9.88 Å². The van der Waals surface area contributed by atoms with Crippen LogP contribution in [0.3, 0.4) is 0 Å².